The number of rotatable bonds is 7. The van der Waals surface area contributed by atoms with Crippen molar-refractivity contribution in [2.24, 2.45) is 0 Å². The maximum atomic E-state index is 11.8. The van der Waals surface area contributed by atoms with Gasteiger partial charge in [-0.1, -0.05) is 12.0 Å². The summed E-state index contributed by atoms with van der Waals surface area (Å²) in [4.78, 5) is 11.8. The summed E-state index contributed by atoms with van der Waals surface area (Å²) in [6, 6.07) is 5.51. The van der Waals surface area contributed by atoms with E-state index in [-0.39, 0.29) is 12.5 Å². The monoisotopic (exact) mass is 276 g/mol. The molecular formula is C15H20N2O3. The Morgan fingerprint density at radius 3 is 2.85 bits per heavy atom. The number of ether oxygens (including phenoxy) is 2. The Kier molecular flexibility index (Phi) is 6.41. The zero-order chi connectivity index (χ0) is 15.0. The van der Waals surface area contributed by atoms with Gasteiger partial charge in [0.15, 0.2) is 6.10 Å². The van der Waals surface area contributed by atoms with Crippen LogP contribution < -0.4 is 20.1 Å². The van der Waals surface area contributed by atoms with Gasteiger partial charge in [-0.15, -0.1) is 6.42 Å². The zero-order valence-electron chi connectivity index (χ0n) is 12.0. The normalized spacial score (nSPS) is 11.3. The van der Waals surface area contributed by atoms with Crippen LogP contribution in [0.4, 0.5) is 0 Å². The van der Waals surface area contributed by atoms with Gasteiger partial charge in [-0.3, -0.25) is 4.79 Å². The van der Waals surface area contributed by atoms with Crippen LogP contribution in [0.5, 0.6) is 11.5 Å². The van der Waals surface area contributed by atoms with Gasteiger partial charge in [0.2, 0.25) is 0 Å². The highest BCUT2D eigenvalue weighted by Gasteiger charge is 2.16. The van der Waals surface area contributed by atoms with Crippen molar-refractivity contribution in [3.8, 4) is 23.8 Å². The molecule has 5 heteroatoms. The van der Waals surface area contributed by atoms with E-state index in [0.717, 1.165) is 5.56 Å². The smallest absolute Gasteiger partial charge is 0.261 e. The number of terminal acetylenes is 1. The zero-order valence-corrected chi connectivity index (χ0v) is 12.0. The average molecular weight is 276 g/mol. The molecule has 1 atom stereocenters. The maximum Gasteiger partial charge on any atom is 0.261 e. The van der Waals surface area contributed by atoms with Crippen molar-refractivity contribution in [2.75, 3.05) is 20.7 Å². The lowest BCUT2D eigenvalue weighted by Crippen LogP contribution is -2.36. The first-order valence-corrected chi connectivity index (χ1v) is 6.31. The molecule has 0 radical (unpaired) electrons. The molecule has 0 aliphatic carbocycles. The quantitative estimate of drug-likeness (QED) is 0.727. The van der Waals surface area contributed by atoms with Crippen molar-refractivity contribution in [2.45, 2.75) is 19.6 Å². The summed E-state index contributed by atoms with van der Waals surface area (Å²) >= 11 is 0. The van der Waals surface area contributed by atoms with E-state index in [1.807, 2.05) is 19.2 Å². The van der Waals surface area contributed by atoms with Crippen LogP contribution in [0.15, 0.2) is 18.2 Å². The molecule has 0 spiro atoms. The SMILES string of the molecule is C#CCNC(=O)C(C)Oc1cc(OC)ccc1CNC. The molecule has 5 nitrogen and oxygen atoms in total. The summed E-state index contributed by atoms with van der Waals surface area (Å²) in [6.07, 6.45) is 4.47. The van der Waals surface area contributed by atoms with Crippen LogP contribution in [0, 0.1) is 12.3 Å². The van der Waals surface area contributed by atoms with E-state index in [1.165, 1.54) is 0 Å². The van der Waals surface area contributed by atoms with Crippen LogP contribution in [-0.4, -0.2) is 32.7 Å². The Labute approximate surface area is 119 Å². The minimum Gasteiger partial charge on any atom is -0.497 e. The van der Waals surface area contributed by atoms with Gasteiger partial charge in [0, 0.05) is 18.2 Å². The van der Waals surface area contributed by atoms with Gasteiger partial charge < -0.3 is 20.1 Å². The van der Waals surface area contributed by atoms with Crippen molar-refractivity contribution in [3.05, 3.63) is 23.8 Å². The van der Waals surface area contributed by atoms with Gasteiger partial charge in [-0.25, -0.2) is 0 Å². The molecule has 108 valence electrons. The molecule has 2 N–H and O–H groups in total. The van der Waals surface area contributed by atoms with Crippen LogP contribution in [0.3, 0.4) is 0 Å². The van der Waals surface area contributed by atoms with Crippen LogP contribution in [0.1, 0.15) is 12.5 Å². The van der Waals surface area contributed by atoms with Gasteiger partial charge in [0.05, 0.1) is 13.7 Å². The van der Waals surface area contributed by atoms with Crippen LogP contribution in [0.2, 0.25) is 0 Å². The summed E-state index contributed by atoms with van der Waals surface area (Å²) in [5.74, 6) is 3.39. The second-order valence-corrected chi connectivity index (χ2v) is 4.19. The Morgan fingerprint density at radius 1 is 1.50 bits per heavy atom. The standard InChI is InChI=1S/C15H20N2O3/c1-5-8-17-15(18)11(2)20-14-9-13(19-4)7-6-12(14)10-16-3/h1,6-7,9,11,16H,8,10H2,2-4H3,(H,17,18). The molecule has 1 amide bonds. The predicted octanol–water partition coefficient (Wildman–Crippen LogP) is 0.931. The van der Waals surface area contributed by atoms with Crippen molar-refractivity contribution in [1.29, 1.82) is 0 Å². The Hall–Kier alpha value is -2.19. The molecule has 0 aromatic heterocycles. The number of nitrogens with one attached hydrogen (secondary N) is 2. The number of carbonyl (C=O) groups excluding carboxylic acids is 1. The Bertz CT molecular complexity index is 494. The number of hydrogen-bond donors (Lipinski definition) is 2. The van der Waals surface area contributed by atoms with Gasteiger partial charge in [0.25, 0.3) is 5.91 Å². The maximum absolute atomic E-state index is 11.8. The molecular weight excluding hydrogens is 256 g/mol. The molecule has 0 bridgehead atoms. The summed E-state index contributed by atoms with van der Waals surface area (Å²) < 4.78 is 10.9. The van der Waals surface area contributed by atoms with E-state index in [2.05, 4.69) is 16.6 Å². The molecule has 0 saturated heterocycles. The first-order chi connectivity index (χ1) is 9.62. The van der Waals surface area contributed by atoms with E-state index >= 15 is 0 Å². The van der Waals surface area contributed by atoms with Crippen molar-refractivity contribution in [1.82, 2.24) is 10.6 Å². The first kappa shape index (κ1) is 15.9. The van der Waals surface area contributed by atoms with Gasteiger partial charge in [-0.05, 0) is 20.0 Å². The second kappa shape index (κ2) is 8.08. The van der Waals surface area contributed by atoms with Gasteiger partial charge in [0.1, 0.15) is 11.5 Å². The third kappa shape index (κ3) is 4.48. The van der Waals surface area contributed by atoms with Crippen LogP contribution in [-0.2, 0) is 11.3 Å². The minimum atomic E-state index is -0.633. The lowest BCUT2D eigenvalue weighted by molar-refractivity contribution is -0.127. The van der Waals surface area contributed by atoms with Crippen LogP contribution in [0.25, 0.3) is 0 Å². The Morgan fingerprint density at radius 2 is 2.25 bits per heavy atom. The molecule has 1 aromatic carbocycles. The number of benzene rings is 1. The molecule has 0 saturated carbocycles. The number of amides is 1. The second-order valence-electron chi connectivity index (χ2n) is 4.19. The number of methoxy groups -OCH3 is 1. The van der Waals surface area contributed by atoms with Crippen molar-refractivity contribution in [3.63, 3.8) is 0 Å². The van der Waals surface area contributed by atoms with E-state index in [1.54, 1.807) is 20.1 Å². The van der Waals surface area contributed by atoms with Gasteiger partial charge >= 0.3 is 0 Å². The summed E-state index contributed by atoms with van der Waals surface area (Å²) in [5, 5.41) is 5.64. The van der Waals surface area contributed by atoms with Gasteiger partial charge in [-0.2, -0.15) is 0 Å². The summed E-state index contributed by atoms with van der Waals surface area (Å²) in [7, 11) is 3.43. The minimum absolute atomic E-state index is 0.189. The molecule has 0 fully saturated rings. The van der Waals surface area contributed by atoms with Crippen molar-refractivity contribution < 1.29 is 14.3 Å². The predicted molar refractivity (Wildman–Crippen MR) is 77.7 cm³/mol. The average Bonchev–Trinajstić information content (AvgIpc) is 2.46. The summed E-state index contributed by atoms with van der Waals surface area (Å²) in [5.41, 5.74) is 0.949. The van der Waals surface area contributed by atoms with E-state index in [0.29, 0.717) is 18.0 Å². The molecule has 1 rings (SSSR count). The molecule has 0 aliphatic heterocycles. The highest BCUT2D eigenvalue weighted by molar-refractivity contribution is 5.81. The fourth-order valence-electron chi connectivity index (χ4n) is 1.63. The largest absolute Gasteiger partial charge is 0.497 e. The molecule has 1 unspecified atom stereocenters. The number of carbonyl (C=O) groups is 1. The Balaban J connectivity index is 2.83. The topological polar surface area (TPSA) is 59.6 Å². The molecule has 0 aliphatic rings. The van der Waals surface area contributed by atoms with Crippen molar-refractivity contribution >= 4 is 5.91 Å². The first-order valence-electron chi connectivity index (χ1n) is 6.31. The third-order valence-electron chi connectivity index (χ3n) is 2.68. The third-order valence-corrected chi connectivity index (χ3v) is 2.68. The highest BCUT2D eigenvalue weighted by atomic mass is 16.5. The highest BCUT2D eigenvalue weighted by Crippen LogP contribution is 2.25. The molecule has 1 aromatic rings. The van der Waals surface area contributed by atoms with Crippen LogP contribution >= 0.6 is 0 Å². The lowest BCUT2D eigenvalue weighted by Gasteiger charge is -2.17. The lowest BCUT2D eigenvalue weighted by atomic mass is 10.2. The molecule has 20 heavy (non-hydrogen) atoms. The molecule has 0 heterocycles. The van der Waals surface area contributed by atoms with E-state index in [9.17, 15) is 4.79 Å². The van der Waals surface area contributed by atoms with E-state index < -0.39 is 6.10 Å². The summed E-state index contributed by atoms with van der Waals surface area (Å²) in [6.45, 7) is 2.50. The fraction of sp³-hybridized carbons (Fsp3) is 0.400. The fourth-order valence-corrected chi connectivity index (χ4v) is 1.63. The van der Waals surface area contributed by atoms with E-state index in [4.69, 9.17) is 15.9 Å². The number of hydrogen-bond acceptors (Lipinski definition) is 4.